The summed E-state index contributed by atoms with van der Waals surface area (Å²) in [5.74, 6) is 0. The van der Waals surface area contributed by atoms with Crippen LogP contribution < -0.4 is 9.80 Å². The second kappa shape index (κ2) is 19.8. The lowest BCUT2D eigenvalue weighted by molar-refractivity contribution is 0.660. The van der Waals surface area contributed by atoms with Gasteiger partial charge in [0.1, 0.15) is 0 Å². The van der Waals surface area contributed by atoms with Crippen molar-refractivity contribution in [3.8, 4) is 56.1 Å². The molecule has 4 heteroatoms. The molecular weight excluding hydrogens is 1060 g/mol. The number of hydrogen-bond donors (Lipinski definition) is 0. The Morgan fingerprint density at radius 3 is 1.00 bits per heavy atom. The zero-order valence-electron chi connectivity index (χ0n) is 49.7. The van der Waals surface area contributed by atoms with Gasteiger partial charge < -0.3 is 18.9 Å². The topological polar surface area (TPSA) is 16.3 Å². The van der Waals surface area contributed by atoms with Gasteiger partial charge in [-0.25, -0.2) is 0 Å². The van der Waals surface area contributed by atoms with Gasteiger partial charge in [-0.15, -0.1) is 0 Å². The molecule has 0 saturated carbocycles. The van der Waals surface area contributed by atoms with Crippen LogP contribution in [0.5, 0.6) is 0 Å². The maximum atomic E-state index is 2.48. The molecule has 0 amide bonds. The molecule has 15 aromatic rings. The highest BCUT2D eigenvalue weighted by molar-refractivity contribution is 6.04. The molecule has 0 spiro atoms. The van der Waals surface area contributed by atoms with Crippen molar-refractivity contribution in [2.75, 3.05) is 9.80 Å². The molecule has 0 unspecified atom stereocenters. The third-order valence-electron chi connectivity index (χ3n) is 19.2. The van der Waals surface area contributed by atoms with Gasteiger partial charge in [-0.2, -0.15) is 0 Å². The zero-order valence-corrected chi connectivity index (χ0v) is 49.7. The molecule has 17 rings (SSSR count). The Kier molecular flexibility index (Phi) is 11.6. The Morgan fingerprint density at radius 2 is 0.580 bits per heavy atom. The molecule has 2 aromatic heterocycles. The number of hydrogen-bond acceptors (Lipinski definition) is 2. The van der Waals surface area contributed by atoms with Gasteiger partial charge in [-0.05, 0) is 211 Å². The fraction of sp³-hybridized carbons (Fsp3) is 0.0714. The minimum Gasteiger partial charge on any atom is -0.310 e. The summed E-state index contributed by atoms with van der Waals surface area (Å²) in [4.78, 5) is 4.81. The summed E-state index contributed by atoms with van der Waals surface area (Å²) < 4.78 is 4.95. The first-order chi connectivity index (χ1) is 43.1. The summed E-state index contributed by atoms with van der Waals surface area (Å²) in [7, 11) is 0. The Balaban J connectivity index is 0.821. The highest BCUT2D eigenvalue weighted by Crippen LogP contribution is 2.53. The molecule has 0 fully saturated rings. The van der Waals surface area contributed by atoms with E-state index in [1.807, 2.05) is 0 Å². The average molecular weight is 1130 g/mol. The summed E-state index contributed by atoms with van der Waals surface area (Å²) in [5, 5.41) is 7.18. The lowest BCUT2D eigenvalue weighted by Crippen LogP contribution is -2.16. The molecule has 418 valence electrons. The minimum atomic E-state index is -0.129. The van der Waals surface area contributed by atoms with E-state index in [1.54, 1.807) is 0 Å². The van der Waals surface area contributed by atoms with Crippen molar-refractivity contribution in [1.82, 2.24) is 9.13 Å². The fourth-order valence-corrected chi connectivity index (χ4v) is 14.8. The van der Waals surface area contributed by atoms with Gasteiger partial charge in [0.25, 0.3) is 0 Å². The van der Waals surface area contributed by atoms with Crippen LogP contribution in [0.15, 0.2) is 303 Å². The number of anilines is 6. The first-order valence-electron chi connectivity index (χ1n) is 30.7. The van der Waals surface area contributed by atoms with Crippen molar-refractivity contribution < 1.29 is 0 Å². The molecule has 0 bridgehead atoms. The predicted molar refractivity (Wildman–Crippen MR) is 370 cm³/mol. The SMILES string of the molecule is CC1(C)c2ccccc2-c2ccc(N(c3ccccc3)c3ccc(-n4c(-c5ccc6ccccc6c5)cc5cc6c(cc(-c7ccc8ccccc8c7)n6-c6ccc(N(c7ccccc7)c7ccc8c(c7)C(C)(C)c7ccccc7-8)cc6)cc54)cc3)cc21. The summed E-state index contributed by atoms with van der Waals surface area (Å²) in [6, 6.07) is 113. The molecule has 4 nitrogen and oxygen atoms in total. The van der Waals surface area contributed by atoms with Gasteiger partial charge >= 0.3 is 0 Å². The third-order valence-corrected chi connectivity index (χ3v) is 19.2. The highest BCUT2D eigenvalue weighted by Gasteiger charge is 2.37. The Labute approximate surface area is 513 Å². The molecule has 0 N–H and O–H groups in total. The first-order valence-corrected chi connectivity index (χ1v) is 30.7. The number of para-hydroxylation sites is 2. The van der Waals surface area contributed by atoms with Crippen LogP contribution in [0, 0.1) is 0 Å². The van der Waals surface area contributed by atoms with Gasteiger partial charge in [-0.1, -0.05) is 198 Å². The van der Waals surface area contributed by atoms with Crippen LogP contribution in [-0.4, -0.2) is 9.13 Å². The lowest BCUT2D eigenvalue weighted by Gasteiger charge is -2.28. The third kappa shape index (κ3) is 8.13. The van der Waals surface area contributed by atoms with Gasteiger partial charge in [-0.3, -0.25) is 0 Å². The molecule has 2 heterocycles. The average Bonchev–Trinajstić information content (AvgIpc) is 2.11. The van der Waals surface area contributed by atoms with E-state index in [0.29, 0.717) is 0 Å². The summed E-state index contributed by atoms with van der Waals surface area (Å²) >= 11 is 0. The molecule has 0 aliphatic heterocycles. The van der Waals surface area contributed by atoms with Crippen LogP contribution in [0.25, 0.3) is 99.5 Å². The van der Waals surface area contributed by atoms with Crippen molar-refractivity contribution >= 4 is 77.5 Å². The zero-order chi connectivity index (χ0) is 58.8. The van der Waals surface area contributed by atoms with Crippen LogP contribution >= 0.6 is 0 Å². The van der Waals surface area contributed by atoms with Crippen LogP contribution in [0.3, 0.4) is 0 Å². The molecular formula is C84H62N4. The van der Waals surface area contributed by atoms with Crippen molar-refractivity contribution in [3.63, 3.8) is 0 Å². The second-order valence-electron chi connectivity index (χ2n) is 25.0. The van der Waals surface area contributed by atoms with Crippen LogP contribution in [0.1, 0.15) is 49.9 Å². The maximum absolute atomic E-state index is 2.48. The van der Waals surface area contributed by atoms with Gasteiger partial charge in [0.05, 0.1) is 22.4 Å². The highest BCUT2D eigenvalue weighted by atomic mass is 15.2. The summed E-state index contributed by atoms with van der Waals surface area (Å²) in [6.45, 7) is 9.44. The predicted octanol–water partition coefficient (Wildman–Crippen LogP) is 22.8. The molecule has 88 heavy (non-hydrogen) atoms. The second-order valence-corrected chi connectivity index (χ2v) is 25.0. The fourth-order valence-electron chi connectivity index (χ4n) is 14.8. The summed E-state index contributed by atoms with van der Waals surface area (Å²) in [6.07, 6.45) is 0. The standard InChI is InChI=1S/C84H62N4/c1-83(2)75-29-17-15-27-71(75)73-45-43-69(53-77(73)83)85(63-23-7-5-8-24-63)65-35-39-67(40-36-65)87-79(59-33-31-55-19-11-13-21-57(55)47-59)49-61-52-82-62(51-81(61)87)50-80(60-34-32-56-20-12-14-22-58(56)48-60)88(82)68-41-37-66(38-42-68)86(64-25-9-6-10-26-64)70-44-46-74-72-28-16-18-30-76(72)84(3,4)78(74)54-70/h5-54H,1-4H3. The first kappa shape index (κ1) is 51.5. The molecule has 2 aliphatic rings. The van der Waals surface area contributed by atoms with E-state index in [2.05, 4.69) is 350 Å². The molecule has 13 aromatic carbocycles. The van der Waals surface area contributed by atoms with E-state index in [1.165, 1.54) is 66.1 Å². The Hall–Kier alpha value is -10.9. The van der Waals surface area contributed by atoms with Gasteiger partial charge in [0.2, 0.25) is 0 Å². The number of aromatic nitrogens is 2. The normalized spacial score (nSPS) is 13.4. The monoisotopic (exact) mass is 1130 g/mol. The van der Waals surface area contributed by atoms with Crippen LogP contribution in [0.4, 0.5) is 34.1 Å². The van der Waals surface area contributed by atoms with Gasteiger partial charge in [0, 0.05) is 67.1 Å². The van der Waals surface area contributed by atoms with Crippen molar-refractivity contribution in [1.29, 1.82) is 0 Å². The number of nitrogens with zero attached hydrogens (tertiary/aromatic N) is 4. The largest absolute Gasteiger partial charge is 0.310 e. The van der Waals surface area contributed by atoms with Crippen molar-refractivity contribution in [3.05, 3.63) is 326 Å². The number of benzene rings is 13. The lowest BCUT2D eigenvalue weighted by atomic mass is 9.82. The van der Waals surface area contributed by atoms with E-state index >= 15 is 0 Å². The van der Waals surface area contributed by atoms with Crippen molar-refractivity contribution in [2.45, 2.75) is 38.5 Å². The molecule has 0 radical (unpaired) electrons. The summed E-state index contributed by atoms with van der Waals surface area (Å²) in [5.41, 5.74) is 26.2. The molecule has 0 atom stereocenters. The van der Waals surface area contributed by atoms with Gasteiger partial charge in [0.15, 0.2) is 0 Å². The van der Waals surface area contributed by atoms with E-state index in [-0.39, 0.29) is 10.8 Å². The number of fused-ring (bicyclic) bond motifs is 10. The number of rotatable bonds is 10. The minimum absolute atomic E-state index is 0.129. The van der Waals surface area contributed by atoms with E-state index < -0.39 is 0 Å². The van der Waals surface area contributed by atoms with E-state index in [0.717, 1.165) is 89.8 Å². The Bertz CT molecular complexity index is 4930. The van der Waals surface area contributed by atoms with Crippen LogP contribution in [-0.2, 0) is 10.8 Å². The smallest absolute Gasteiger partial charge is 0.0542 e. The quantitative estimate of drug-likeness (QED) is 0.136. The maximum Gasteiger partial charge on any atom is 0.0542 e. The van der Waals surface area contributed by atoms with E-state index in [9.17, 15) is 0 Å². The van der Waals surface area contributed by atoms with Crippen LogP contribution in [0.2, 0.25) is 0 Å². The molecule has 0 saturated heterocycles. The Morgan fingerprint density at radius 1 is 0.239 bits per heavy atom. The molecule has 2 aliphatic carbocycles. The van der Waals surface area contributed by atoms with E-state index in [4.69, 9.17) is 0 Å². The van der Waals surface area contributed by atoms with Crippen molar-refractivity contribution in [2.24, 2.45) is 0 Å².